The Hall–Kier alpha value is -3.10. The number of ether oxygens (including phenoxy) is 1. The van der Waals surface area contributed by atoms with Crippen molar-refractivity contribution in [1.82, 2.24) is 19.6 Å². The number of rotatable bonds is 4. The number of anilines is 1. The molecule has 2 heterocycles. The van der Waals surface area contributed by atoms with Gasteiger partial charge in [0.1, 0.15) is 5.75 Å². The van der Waals surface area contributed by atoms with Gasteiger partial charge < -0.3 is 10.1 Å². The second kappa shape index (κ2) is 6.19. The van der Waals surface area contributed by atoms with Gasteiger partial charge in [0.2, 0.25) is 5.82 Å². The largest absolute Gasteiger partial charge is 0.435 e. The van der Waals surface area contributed by atoms with E-state index in [9.17, 15) is 13.6 Å². The van der Waals surface area contributed by atoms with E-state index in [1.807, 2.05) is 19.9 Å². The molecule has 1 aromatic carbocycles. The van der Waals surface area contributed by atoms with E-state index in [0.717, 1.165) is 11.4 Å². The summed E-state index contributed by atoms with van der Waals surface area (Å²) >= 11 is 0. The molecular formula is C15H13F2N5O2. The standard InChI is InChI=1S/C15H13F2N5O2/c1-8-6-9(2)22-15(18-8)20-12(21-22)13(23)19-10-4-3-5-11(7-10)24-14(16)17/h3-7,14H,1-2H3,(H,19,23). The summed E-state index contributed by atoms with van der Waals surface area (Å²) in [4.78, 5) is 20.5. The van der Waals surface area contributed by atoms with E-state index in [1.165, 1.54) is 22.7 Å². The van der Waals surface area contributed by atoms with Crippen LogP contribution in [0.25, 0.3) is 5.78 Å². The van der Waals surface area contributed by atoms with Crippen molar-refractivity contribution in [2.24, 2.45) is 0 Å². The quantitative estimate of drug-likeness (QED) is 0.794. The van der Waals surface area contributed by atoms with Crippen LogP contribution in [-0.2, 0) is 0 Å². The topological polar surface area (TPSA) is 81.4 Å². The average Bonchev–Trinajstić information content (AvgIpc) is 2.91. The third kappa shape index (κ3) is 3.29. The molecule has 0 aliphatic rings. The van der Waals surface area contributed by atoms with Gasteiger partial charge in [-0.3, -0.25) is 4.79 Å². The Kier molecular flexibility index (Phi) is 4.07. The van der Waals surface area contributed by atoms with E-state index in [4.69, 9.17) is 0 Å². The highest BCUT2D eigenvalue weighted by Gasteiger charge is 2.15. The first-order valence-corrected chi connectivity index (χ1v) is 6.99. The third-order valence-electron chi connectivity index (χ3n) is 3.14. The summed E-state index contributed by atoms with van der Waals surface area (Å²) in [6.45, 7) is 0.701. The fourth-order valence-electron chi connectivity index (χ4n) is 2.20. The Morgan fingerprint density at radius 3 is 2.79 bits per heavy atom. The molecule has 124 valence electrons. The lowest BCUT2D eigenvalue weighted by Crippen LogP contribution is -2.14. The first-order chi connectivity index (χ1) is 11.4. The van der Waals surface area contributed by atoms with Gasteiger partial charge in [-0.1, -0.05) is 6.07 Å². The zero-order valence-electron chi connectivity index (χ0n) is 12.8. The van der Waals surface area contributed by atoms with Gasteiger partial charge in [0.05, 0.1) is 0 Å². The Morgan fingerprint density at radius 1 is 1.25 bits per heavy atom. The van der Waals surface area contributed by atoms with Gasteiger partial charge in [0.15, 0.2) is 0 Å². The van der Waals surface area contributed by atoms with Crippen molar-refractivity contribution in [2.45, 2.75) is 20.5 Å². The number of alkyl halides is 2. The molecule has 0 unspecified atom stereocenters. The lowest BCUT2D eigenvalue weighted by Gasteiger charge is -2.07. The molecule has 0 aliphatic carbocycles. The van der Waals surface area contributed by atoms with E-state index in [1.54, 1.807) is 6.07 Å². The van der Waals surface area contributed by atoms with Crippen molar-refractivity contribution >= 4 is 17.4 Å². The summed E-state index contributed by atoms with van der Waals surface area (Å²) < 4.78 is 30.2. The van der Waals surface area contributed by atoms with E-state index < -0.39 is 12.5 Å². The van der Waals surface area contributed by atoms with Gasteiger partial charge in [-0.05, 0) is 32.0 Å². The third-order valence-corrected chi connectivity index (χ3v) is 3.14. The Balaban J connectivity index is 1.84. The van der Waals surface area contributed by atoms with Gasteiger partial charge in [-0.2, -0.15) is 13.8 Å². The summed E-state index contributed by atoms with van der Waals surface area (Å²) in [5, 5.41) is 6.64. The molecule has 3 rings (SSSR count). The normalized spacial score (nSPS) is 11.0. The van der Waals surface area contributed by atoms with E-state index in [0.29, 0.717) is 5.78 Å². The minimum Gasteiger partial charge on any atom is -0.435 e. The molecule has 3 aromatic rings. The second-order valence-corrected chi connectivity index (χ2v) is 5.05. The molecule has 0 aliphatic heterocycles. The maximum atomic E-state index is 12.2. The first kappa shape index (κ1) is 15.8. The van der Waals surface area contributed by atoms with Crippen molar-refractivity contribution in [1.29, 1.82) is 0 Å². The number of fused-ring (bicyclic) bond motifs is 1. The molecule has 9 heteroatoms. The number of carbonyl (C=O) groups is 1. The van der Waals surface area contributed by atoms with Crippen LogP contribution in [0.2, 0.25) is 0 Å². The molecule has 0 saturated heterocycles. The highest BCUT2D eigenvalue weighted by atomic mass is 19.3. The number of nitrogens with zero attached hydrogens (tertiary/aromatic N) is 4. The lowest BCUT2D eigenvalue weighted by atomic mass is 10.3. The van der Waals surface area contributed by atoms with Gasteiger partial charge >= 0.3 is 6.61 Å². The fourth-order valence-corrected chi connectivity index (χ4v) is 2.20. The summed E-state index contributed by atoms with van der Waals surface area (Å²) in [5.41, 5.74) is 1.84. The van der Waals surface area contributed by atoms with Crippen LogP contribution in [0.4, 0.5) is 14.5 Å². The Labute approximate surface area is 135 Å². The number of hydrogen-bond donors (Lipinski definition) is 1. The van der Waals surface area contributed by atoms with Crippen LogP contribution in [0.1, 0.15) is 22.0 Å². The smallest absolute Gasteiger partial charge is 0.387 e. The molecule has 0 fully saturated rings. The van der Waals surface area contributed by atoms with Crippen LogP contribution in [-0.4, -0.2) is 32.1 Å². The predicted octanol–water partition coefficient (Wildman–Crippen LogP) is 2.59. The Morgan fingerprint density at radius 2 is 2.04 bits per heavy atom. The molecule has 0 spiro atoms. The molecule has 0 bridgehead atoms. The maximum absolute atomic E-state index is 12.2. The number of carbonyl (C=O) groups excluding carboxylic acids is 1. The molecule has 7 nitrogen and oxygen atoms in total. The zero-order chi connectivity index (χ0) is 17.3. The number of benzene rings is 1. The van der Waals surface area contributed by atoms with E-state index >= 15 is 0 Å². The van der Waals surface area contributed by atoms with Crippen LogP contribution in [0.3, 0.4) is 0 Å². The molecule has 24 heavy (non-hydrogen) atoms. The lowest BCUT2D eigenvalue weighted by molar-refractivity contribution is -0.0497. The molecule has 1 N–H and O–H groups in total. The van der Waals surface area contributed by atoms with Crippen molar-refractivity contribution in [3.8, 4) is 5.75 Å². The summed E-state index contributed by atoms with van der Waals surface area (Å²) in [6, 6.07) is 7.49. The van der Waals surface area contributed by atoms with Crippen molar-refractivity contribution in [2.75, 3.05) is 5.32 Å². The monoisotopic (exact) mass is 333 g/mol. The number of nitrogens with one attached hydrogen (secondary N) is 1. The highest BCUT2D eigenvalue weighted by Crippen LogP contribution is 2.19. The SMILES string of the molecule is Cc1cc(C)n2nc(C(=O)Nc3cccc(OC(F)F)c3)nc2n1. The molecule has 1 amide bonds. The van der Waals surface area contributed by atoms with Crippen LogP contribution in [0, 0.1) is 13.8 Å². The van der Waals surface area contributed by atoms with E-state index in [2.05, 4.69) is 25.1 Å². The first-order valence-electron chi connectivity index (χ1n) is 6.99. The van der Waals surface area contributed by atoms with Crippen LogP contribution < -0.4 is 10.1 Å². The second-order valence-electron chi connectivity index (χ2n) is 5.05. The van der Waals surface area contributed by atoms with Crippen LogP contribution in [0.15, 0.2) is 30.3 Å². The Bertz CT molecular complexity index is 910. The average molecular weight is 333 g/mol. The number of aromatic nitrogens is 4. The molecule has 0 radical (unpaired) electrons. The summed E-state index contributed by atoms with van der Waals surface area (Å²) in [6.07, 6.45) is 0. The van der Waals surface area contributed by atoms with Gasteiger partial charge in [0.25, 0.3) is 11.7 Å². The zero-order valence-corrected chi connectivity index (χ0v) is 12.8. The van der Waals surface area contributed by atoms with Gasteiger partial charge in [-0.15, -0.1) is 5.10 Å². The number of hydrogen-bond acceptors (Lipinski definition) is 5. The van der Waals surface area contributed by atoms with Crippen molar-refractivity contribution in [3.05, 3.63) is 47.5 Å². The predicted molar refractivity (Wildman–Crippen MR) is 81.3 cm³/mol. The molecule has 0 atom stereocenters. The number of amides is 1. The summed E-state index contributed by atoms with van der Waals surface area (Å²) in [5.74, 6) is -0.394. The molecule has 0 saturated carbocycles. The van der Waals surface area contributed by atoms with E-state index in [-0.39, 0.29) is 17.3 Å². The number of halogens is 2. The van der Waals surface area contributed by atoms with Gasteiger partial charge in [0, 0.05) is 23.1 Å². The maximum Gasteiger partial charge on any atom is 0.387 e. The minimum absolute atomic E-state index is 0.0566. The van der Waals surface area contributed by atoms with Crippen molar-refractivity contribution in [3.63, 3.8) is 0 Å². The van der Waals surface area contributed by atoms with Gasteiger partial charge in [-0.25, -0.2) is 9.50 Å². The molecular weight excluding hydrogens is 320 g/mol. The number of aryl methyl sites for hydroxylation is 2. The van der Waals surface area contributed by atoms with Crippen LogP contribution >= 0.6 is 0 Å². The molecule has 2 aromatic heterocycles. The minimum atomic E-state index is -2.94. The highest BCUT2D eigenvalue weighted by molar-refractivity contribution is 6.01. The van der Waals surface area contributed by atoms with Crippen molar-refractivity contribution < 1.29 is 18.3 Å². The summed E-state index contributed by atoms with van der Waals surface area (Å²) in [7, 11) is 0. The fraction of sp³-hybridized carbons (Fsp3) is 0.200. The van der Waals surface area contributed by atoms with Crippen LogP contribution in [0.5, 0.6) is 5.75 Å².